The number of hydrogen-bond acceptors (Lipinski definition) is 2. The van der Waals surface area contributed by atoms with Gasteiger partial charge in [0.25, 0.3) is 0 Å². The second-order valence-electron chi connectivity index (χ2n) is 4.59. The van der Waals surface area contributed by atoms with Crippen LogP contribution in [0.3, 0.4) is 0 Å². The Bertz CT molecular complexity index is 185. The molecule has 88 valence electrons. The summed E-state index contributed by atoms with van der Waals surface area (Å²) in [6.07, 6.45) is 4.08. The summed E-state index contributed by atoms with van der Waals surface area (Å²) >= 11 is 0. The van der Waals surface area contributed by atoms with Crippen LogP contribution >= 0.6 is 0 Å². The number of nitrogens with zero attached hydrogens (tertiary/aromatic N) is 1. The predicted molar refractivity (Wildman–Crippen MR) is 65.2 cm³/mol. The number of rotatable bonds is 7. The molecule has 0 saturated heterocycles. The van der Waals surface area contributed by atoms with Gasteiger partial charge in [-0.1, -0.05) is 34.1 Å². The van der Waals surface area contributed by atoms with E-state index in [1.807, 2.05) is 0 Å². The molecule has 2 heteroatoms. The molecule has 15 heavy (non-hydrogen) atoms. The summed E-state index contributed by atoms with van der Waals surface area (Å²) in [5.74, 6) is 1.31. The van der Waals surface area contributed by atoms with Crippen molar-refractivity contribution < 1.29 is 0 Å². The molecule has 0 fully saturated rings. The standard InChI is InChI=1S/C13H26N2/c1-5-10(4)12(13(15)7-3)8-11(6-2)9-14/h10-13H,5-8,15H2,1-4H3. The predicted octanol–water partition coefficient (Wildman–Crippen LogP) is 3.33. The summed E-state index contributed by atoms with van der Waals surface area (Å²) in [6.45, 7) is 8.67. The molecule has 0 aromatic heterocycles. The summed E-state index contributed by atoms with van der Waals surface area (Å²) < 4.78 is 0. The molecule has 2 nitrogen and oxygen atoms in total. The van der Waals surface area contributed by atoms with Crippen molar-refractivity contribution in [2.45, 2.75) is 59.4 Å². The second-order valence-corrected chi connectivity index (χ2v) is 4.59. The van der Waals surface area contributed by atoms with Crippen molar-refractivity contribution in [3.8, 4) is 6.07 Å². The lowest BCUT2D eigenvalue weighted by Gasteiger charge is -2.29. The first kappa shape index (κ1) is 14.5. The highest BCUT2D eigenvalue weighted by Gasteiger charge is 2.24. The SMILES string of the molecule is CCC(C#N)CC(C(C)CC)C(N)CC. The highest BCUT2D eigenvalue weighted by molar-refractivity contribution is 4.87. The van der Waals surface area contributed by atoms with Crippen LogP contribution in [0.5, 0.6) is 0 Å². The van der Waals surface area contributed by atoms with Crippen LogP contribution in [0.25, 0.3) is 0 Å². The second kappa shape index (κ2) is 7.70. The molecule has 0 aliphatic heterocycles. The number of nitriles is 1. The molecule has 0 aromatic rings. The topological polar surface area (TPSA) is 49.8 Å². The first-order valence-electron chi connectivity index (χ1n) is 6.25. The van der Waals surface area contributed by atoms with Gasteiger partial charge in [-0.05, 0) is 31.1 Å². The lowest BCUT2D eigenvalue weighted by Crippen LogP contribution is -2.34. The van der Waals surface area contributed by atoms with Gasteiger partial charge in [0.15, 0.2) is 0 Å². The fourth-order valence-corrected chi connectivity index (χ4v) is 2.07. The van der Waals surface area contributed by atoms with Crippen LogP contribution in [0.4, 0.5) is 0 Å². The zero-order valence-corrected chi connectivity index (χ0v) is 10.7. The number of hydrogen-bond donors (Lipinski definition) is 1. The van der Waals surface area contributed by atoms with Crippen LogP contribution in [0.2, 0.25) is 0 Å². The monoisotopic (exact) mass is 210 g/mol. The van der Waals surface area contributed by atoms with Crippen LogP contribution in [0, 0.1) is 29.1 Å². The van der Waals surface area contributed by atoms with E-state index in [-0.39, 0.29) is 12.0 Å². The third-order valence-electron chi connectivity index (χ3n) is 3.63. The lowest BCUT2D eigenvalue weighted by atomic mass is 9.78. The Morgan fingerprint density at radius 1 is 1.13 bits per heavy atom. The average molecular weight is 210 g/mol. The molecule has 0 bridgehead atoms. The zero-order chi connectivity index (χ0) is 11.8. The molecule has 0 heterocycles. The first-order valence-corrected chi connectivity index (χ1v) is 6.25. The molecular weight excluding hydrogens is 184 g/mol. The van der Waals surface area contributed by atoms with Gasteiger partial charge >= 0.3 is 0 Å². The minimum Gasteiger partial charge on any atom is -0.327 e. The van der Waals surface area contributed by atoms with Crippen LogP contribution in [-0.2, 0) is 0 Å². The zero-order valence-electron chi connectivity index (χ0n) is 10.7. The van der Waals surface area contributed by atoms with Gasteiger partial charge in [0, 0.05) is 12.0 Å². The summed E-state index contributed by atoms with van der Waals surface area (Å²) in [5, 5.41) is 8.99. The summed E-state index contributed by atoms with van der Waals surface area (Å²) in [5.41, 5.74) is 6.14. The summed E-state index contributed by atoms with van der Waals surface area (Å²) in [4.78, 5) is 0. The molecule has 0 radical (unpaired) electrons. The van der Waals surface area contributed by atoms with E-state index in [4.69, 9.17) is 11.0 Å². The van der Waals surface area contributed by atoms with E-state index in [9.17, 15) is 0 Å². The maximum absolute atomic E-state index is 8.99. The van der Waals surface area contributed by atoms with Gasteiger partial charge in [0.1, 0.15) is 0 Å². The van der Waals surface area contributed by atoms with E-state index in [0.29, 0.717) is 11.8 Å². The van der Waals surface area contributed by atoms with E-state index in [1.54, 1.807) is 0 Å². The maximum atomic E-state index is 8.99. The first-order chi connectivity index (χ1) is 7.10. The van der Waals surface area contributed by atoms with Crippen molar-refractivity contribution in [1.29, 1.82) is 5.26 Å². The van der Waals surface area contributed by atoms with Crippen LogP contribution in [0.15, 0.2) is 0 Å². The third-order valence-corrected chi connectivity index (χ3v) is 3.63. The van der Waals surface area contributed by atoms with E-state index in [1.165, 1.54) is 0 Å². The normalized spacial score (nSPS) is 18.9. The van der Waals surface area contributed by atoms with Gasteiger partial charge < -0.3 is 5.73 Å². The molecule has 0 saturated carbocycles. The molecule has 0 amide bonds. The van der Waals surface area contributed by atoms with Crippen LogP contribution in [-0.4, -0.2) is 6.04 Å². The van der Waals surface area contributed by atoms with Gasteiger partial charge in [0.05, 0.1) is 6.07 Å². The van der Waals surface area contributed by atoms with Gasteiger partial charge in [-0.15, -0.1) is 0 Å². The Hall–Kier alpha value is -0.550. The van der Waals surface area contributed by atoms with Gasteiger partial charge in [0.2, 0.25) is 0 Å². The third kappa shape index (κ3) is 4.66. The molecule has 0 spiro atoms. The van der Waals surface area contributed by atoms with Gasteiger partial charge in [-0.25, -0.2) is 0 Å². The molecule has 0 rings (SSSR count). The van der Waals surface area contributed by atoms with E-state index in [0.717, 1.165) is 25.7 Å². The van der Waals surface area contributed by atoms with Gasteiger partial charge in [-0.2, -0.15) is 5.26 Å². The molecule has 0 aliphatic carbocycles. The minimum absolute atomic E-state index is 0.182. The van der Waals surface area contributed by atoms with E-state index >= 15 is 0 Å². The molecule has 0 aromatic carbocycles. The maximum Gasteiger partial charge on any atom is 0.0655 e. The quantitative estimate of drug-likeness (QED) is 0.700. The van der Waals surface area contributed by atoms with Crippen molar-refractivity contribution >= 4 is 0 Å². The lowest BCUT2D eigenvalue weighted by molar-refractivity contribution is 0.245. The molecule has 0 aliphatic rings. The average Bonchev–Trinajstić information content (AvgIpc) is 2.29. The van der Waals surface area contributed by atoms with E-state index < -0.39 is 0 Å². The molecule has 4 unspecified atom stereocenters. The van der Waals surface area contributed by atoms with Crippen molar-refractivity contribution in [3.05, 3.63) is 0 Å². The minimum atomic E-state index is 0.182. The fourth-order valence-electron chi connectivity index (χ4n) is 2.07. The van der Waals surface area contributed by atoms with Crippen LogP contribution < -0.4 is 5.73 Å². The van der Waals surface area contributed by atoms with Crippen molar-refractivity contribution in [2.75, 3.05) is 0 Å². The smallest absolute Gasteiger partial charge is 0.0655 e. The van der Waals surface area contributed by atoms with E-state index in [2.05, 4.69) is 33.8 Å². The Labute approximate surface area is 94.9 Å². The molecule has 2 N–H and O–H groups in total. The van der Waals surface area contributed by atoms with Crippen molar-refractivity contribution in [1.82, 2.24) is 0 Å². The van der Waals surface area contributed by atoms with Crippen molar-refractivity contribution in [2.24, 2.45) is 23.5 Å². The Morgan fingerprint density at radius 2 is 1.73 bits per heavy atom. The van der Waals surface area contributed by atoms with Crippen LogP contribution in [0.1, 0.15) is 53.4 Å². The fraction of sp³-hybridized carbons (Fsp3) is 0.923. The highest BCUT2D eigenvalue weighted by atomic mass is 14.6. The molecule has 4 atom stereocenters. The van der Waals surface area contributed by atoms with Crippen molar-refractivity contribution in [3.63, 3.8) is 0 Å². The summed E-state index contributed by atoms with van der Waals surface area (Å²) in [6, 6.07) is 2.64. The summed E-state index contributed by atoms with van der Waals surface area (Å²) in [7, 11) is 0. The number of nitrogens with two attached hydrogens (primary N) is 1. The molecular formula is C13H26N2. The largest absolute Gasteiger partial charge is 0.327 e. The Balaban J connectivity index is 4.43. The Kier molecular flexibility index (Phi) is 7.42. The Morgan fingerprint density at radius 3 is 2.07 bits per heavy atom. The highest BCUT2D eigenvalue weighted by Crippen LogP contribution is 2.27. The van der Waals surface area contributed by atoms with Gasteiger partial charge in [-0.3, -0.25) is 0 Å².